The third-order valence-corrected chi connectivity index (χ3v) is 5.24. The fraction of sp³-hybridized carbons (Fsp3) is 0.625. The first-order valence-electron chi connectivity index (χ1n) is 7.91. The van der Waals surface area contributed by atoms with Crippen molar-refractivity contribution in [3.8, 4) is 5.75 Å². The number of nitrogens with one attached hydrogen (secondary N) is 1. The van der Waals surface area contributed by atoms with Gasteiger partial charge in [0.05, 0.1) is 19.8 Å². The SMILES string of the molecule is CCOc1ccc(C)cc1S(=O)(=O)NCC1COCCN(C)C1. The topological polar surface area (TPSA) is 67.9 Å². The number of benzene rings is 1. The van der Waals surface area contributed by atoms with Crippen molar-refractivity contribution < 1.29 is 17.9 Å². The molecule has 1 aliphatic rings. The molecule has 0 spiro atoms. The molecule has 1 fully saturated rings. The monoisotopic (exact) mass is 342 g/mol. The fourth-order valence-corrected chi connectivity index (χ4v) is 3.93. The highest BCUT2D eigenvalue weighted by molar-refractivity contribution is 7.89. The van der Waals surface area contributed by atoms with E-state index in [1.807, 2.05) is 27.0 Å². The summed E-state index contributed by atoms with van der Waals surface area (Å²) in [6, 6.07) is 5.19. The second-order valence-electron chi connectivity index (χ2n) is 5.94. The van der Waals surface area contributed by atoms with E-state index in [0.29, 0.717) is 32.1 Å². The van der Waals surface area contributed by atoms with Crippen LogP contribution in [0.2, 0.25) is 0 Å². The van der Waals surface area contributed by atoms with Crippen LogP contribution in [-0.2, 0) is 14.8 Å². The van der Waals surface area contributed by atoms with E-state index in [-0.39, 0.29) is 10.8 Å². The van der Waals surface area contributed by atoms with Gasteiger partial charge < -0.3 is 14.4 Å². The van der Waals surface area contributed by atoms with Crippen molar-refractivity contribution in [3.05, 3.63) is 23.8 Å². The number of ether oxygens (including phenoxy) is 2. The Morgan fingerprint density at radius 2 is 2.22 bits per heavy atom. The van der Waals surface area contributed by atoms with Crippen LogP contribution in [0, 0.1) is 12.8 Å². The molecule has 1 N–H and O–H groups in total. The molecule has 130 valence electrons. The molecule has 1 unspecified atom stereocenters. The summed E-state index contributed by atoms with van der Waals surface area (Å²) in [5.41, 5.74) is 0.881. The van der Waals surface area contributed by atoms with Gasteiger partial charge in [0.25, 0.3) is 0 Å². The lowest BCUT2D eigenvalue weighted by atomic mass is 10.1. The summed E-state index contributed by atoms with van der Waals surface area (Å²) in [6.45, 7) is 7.42. The number of hydrogen-bond acceptors (Lipinski definition) is 5. The van der Waals surface area contributed by atoms with Crippen molar-refractivity contribution in [3.63, 3.8) is 0 Å². The Hall–Kier alpha value is -1.15. The molecule has 0 amide bonds. The minimum absolute atomic E-state index is 0.137. The van der Waals surface area contributed by atoms with Gasteiger partial charge in [0.15, 0.2) is 0 Å². The number of likely N-dealkylation sites (N-methyl/N-ethyl adjacent to an activating group) is 1. The lowest BCUT2D eigenvalue weighted by Gasteiger charge is -2.20. The predicted molar refractivity (Wildman–Crippen MR) is 89.3 cm³/mol. The van der Waals surface area contributed by atoms with Crippen molar-refractivity contribution in [2.24, 2.45) is 5.92 Å². The normalized spacial score (nSPS) is 20.2. The summed E-state index contributed by atoms with van der Waals surface area (Å²) in [7, 11) is -1.60. The summed E-state index contributed by atoms with van der Waals surface area (Å²) in [4.78, 5) is 2.35. The van der Waals surface area contributed by atoms with Gasteiger partial charge in [-0.2, -0.15) is 0 Å². The van der Waals surface area contributed by atoms with Gasteiger partial charge in [-0.05, 0) is 38.6 Å². The van der Waals surface area contributed by atoms with Crippen LogP contribution in [0.4, 0.5) is 0 Å². The Kier molecular flexibility index (Phi) is 6.41. The van der Waals surface area contributed by atoms with Crippen molar-refractivity contribution in [1.29, 1.82) is 0 Å². The highest BCUT2D eigenvalue weighted by Gasteiger charge is 2.23. The quantitative estimate of drug-likeness (QED) is 0.843. The molecule has 7 heteroatoms. The van der Waals surface area contributed by atoms with Crippen LogP contribution in [0.5, 0.6) is 5.75 Å². The second-order valence-corrected chi connectivity index (χ2v) is 7.67. The zero-order chi connectivity index (χ0) is 16.9. The Morgan fingerprint density at radius 1 is 1.43 bits per heavy atom. The molecule has 1 aromatic carbocycles. The number of nitrogens with zero attached hydrogens (tertiary/aromatic N) is 1. The first-order valence-corrected chi connectivity index (χ1v) is 9.40. The average Bonchev–Trinajstić information content (AvgIpc) is 2.71. The maximum Gasteiger partial charge on any atom is 0.244 e. The number of aryl methyl sites for hydroxylation is 1. The zero-order valence-electron chi connectivity index (χ0n) is 14.0. The molecule has 0 bridgehead atoms. The van der Waals surface area contributed by atoms with Crippen LogP contribution in [0.25, 0.3) is 0 Å². The maximum absolute atomic E-state index is 12.6. The highest BCUT2D eigenvalue weighted by atomic mass is 32.2. The molecule has 2 rings (SSSR count). The minimum Gasteiger partial charge on any atom is -0.492 e. The molecule has 23 heavy (non-hydrogen) atoms. The molecular formula is C16H26N2O4S. The third-order valence-electron chi connectivity index (χ3n) is 3.79. The van der Waals surface area contributed by atoms with E-state index in [1.54, 1.807) is 12.1 Å². The molecule has 0 aromatic heterocycles. The van der Waals surface area contributed by atoms with Crippen LogP contribution >= 0.6 is 0 Å². The van der Waals surface area contributed by atoms with Gasteiger partial charge in [-0.3, -0.25) is 0 Å². The highest BCUT2D eigenvalue weighted by Crippen LogP contribution is 2.25. The maximum atomic E-state index is 12.6. The molecule has 1 aliphatic heterocycles. The smallest absolute Gasteiger partial charge is 0.244 e. The van der Waals surface area contributed by atoms with E-state index < -0.39 is 10.0 Å². The van der Waals surface area contributed by atoms with Crippen LogP contribution in [0.1, 0.15) is 12.5 Å². The molecular weight excluding hydrogens is 316 g/mol. The Balaban J connectivity index is 2.10. The summed E-state index contributed by atoms with van der Waals surface area (Å²) in [6.07, 6.45) is 0. The van der Waals surface area contributed by atoms with Gasteiger partial charge in [0.1, 0.15) is 10.6 Å². The van der Waals surface area contributed by atoms with Gasteiger partial charge >= 0.3 is 0 Å². The van der Waals surface area contributed by atoms with Gasteiger partial charge in [-0.25, -0.2) is 13.1 Å². The van der Waals surface area contributed by atoms with E-state index in [9.17, 15) is 8.42 Å². The second kappa shape index (κ2) is 8.10. The third kappa shape index (κ3) is 5.17. The minimum atomic E-state index is -3.61. The van der Waals surface area contributed by atoms with Crippen LogP contribution in [-0.4, -0.2) is 59.8 Å². The Labute approximate surface area is 138 Å². The molecule has 0 saturated carbocycles. The number of rotatable bonds is 6. The molecule has 6 nitrogen and oxygen atoms in total. The summed E-state index contributed by atoms with van der Waals surface area (Å²) in [5.74, 6) is 0.525. The Bertz CT molecular complexity index is 619. The van der Waals surface area contributed by atoms with Crippen LogP contribution in [0.3, 0.4) is 0 Å². The van der Waals surface area contributed by atoms with Crippen molar-refractivity contribution in [1.82, 2.24) is 9.62 Å². The van der Waals surface area contributed by atoms with Crippen molar-refractivity contribution >= 4 is 10.0 Å². The van der Waals surface area contributed by atoms with E-state index in [2.05, 4.69) is 9.62 Å². The fourth-order valence-electron chi connectivity index (χ4n) is 2.58. The molecule has 1 aromatic rings. The first kappa shape index (κ1) is 18.2. The molecule has 0 radical (unpaired) electrons. The van der Waals surface area contributed by atoms with Gasteiger partial charge in [-0.1, -0.05) is 6.07 Å². The first-order chi connectivity index (χ1) is 10.9. The van der Waals surface area contributed by atoms with Crippen molar-refractivity contribution in [2.75, 3.05) is 46.5 Å². The van der Waals surface area contributed by atoms with Crippen LogP contribution < -0.4 is 9.46 Å². The Morgan fingerprint density at radius 3 is 2.96 bits per heavy atom. The number of sulfonamides is 1. The molecule has 0 aliphatic carbocycles. The standard InChI is InChI=1S/C16H26N2O4S/c1-4-22-15-6-5-13(2)9-16(15)23(19,20)17-10-14-11-18(3)7-8-21-12-14/h5-6,9,14,17H,4,7-8,10-12H2,1-3H3. The van der Waals surface area contributed by atoms with Crippen molar-refractivity contribution in [2.45, 2.75) is 18.7 Å². The van der Waals surface area contributed by atoms with Gasteiger partial charge in [0, 0.05) is 25.6 Å². The van der Waals surface area contributed by atoms with E-state index in [0.717, 1.165) is 18.7 Å². The summed E-state index contributed by atoms with van der Waals surface area (Å²) >= 11 is 0. The van der Waals surface area contributed by atoms with E-state index in [1.165, 1.54) is 0 Å². The zero-order valence-corrected chi connectivity index (χ0v) is 14.9. The van der Waals surface area contributed by atoms with E-state index >= 15 is 0 Å². The van der Waals surface area contributed by atoms with Gasteiger partial charge in [-0.15, -0.1) is 0 Å². The number of hydrogen-bond donors (Lipinski definition) is 1. The molecule has 1 heterocycles. The molecule has 1 saturated heterocycles. The largest absolute Gasteiger partial charge is 0.492 e. The average molecular weight is 342 g/mol. The lowest BCUT2D eigenvalue weighted by molar-refractivity contribution is 0.123. The predicted octanol–water partition coefficient (Wildman–Crippen LogP) is 1.25. The summed E-state index contributed by atoms with van der Waals surface area (Å²) < 4.78 is 39.0. The summed E-state index contributed by atoms with van der Waals surface area (Å²) in [5, 5.41) is 0. The van der Waals surface area contributed by atoms with E-state index in [4.69, 9.17) is 9.47 Å². The molecule has 1 atom stereocenters. The lowest BCUT2D eigenvalue weighted by Crippen LogP contribution is -2.36. The van der Waals surface area contributed by atoms with Gasteiger partial charge in [0.2, 0.25) is 10.0 Å². The van der Waals surface area contributed by atoms with Crippen LogP contribution in [0.15, 0.2) is 23.1 Å².